The van der Waals surface area contributed by atoms with E-state index in [1.54, 1.807) is 33.5 Å². The fourth-order valence-electron chi connectivity index (χ4n) is 3.75. The maximum Gasteiger partial charge on any atom is 0.264 e. The molecule has 176 valence electrons. The summed E-state index contributed by atoms with van der Waals surface area (Å²) in [5.74, 6) is -0.0470. The number of nitrogens with one attached hydrogen (secondary N) is 1. The molecule has 0 radical (unpaired) electrons. The van der Waals surface area contributed by atoms with Gasteiger partial charge in [0.25, 0.3) is 5.56 Å². The Hall–Kier alpha value is -3.39. The van der Waals surface area contributed by atoms with Crippen molar-refractivity contribution in [2.75, 3.05) is 6.54 Å². The molecule has 0 bridgehead atoms. The summed E-state index contributed by atoms with van der Waals surface area (Å²) in [7, 11) is 0. The summed E-state index contributed by atoms with van der Waals surface area (Å²) in [4.78, 5) is 31.0. The summed E-state index contributed by atoms with van der Waals surface area (Å²) in [5.41, 5.74) is 3.59. The minimum absolute atomic E-state index is 0.0470. The van der Waals surface area contributed by atoms with Crippen molar-refractivity contribution in [1.82, 2.24) is 24.6 Å². The quantitative estimate of drug-likeness (QED) is 0.372. The smallest absolute Gasteiger partial charge is 0.264 e. The number of thioether (sulfide) groups is 1. The lowest BCUT2D eigenvalue weighted by atomic mass is 10.1. The molecule has 0 fully saturated rings. The van der Waals surface area contributed by atoms with E-state index in [-0.39, 0.29) is 11.5 Å². The average molecular weight is 476 g/mol. The van der Waals surface area contributed by atoms with Gasteiger partial charge in [-0.05, 0) is 35.7 Å². The van der Waals surface area contributed by atoms with Crippen molar-refractivity contribution in [1.29, 1.82) is 0 Å². The molecule has 2 aromatic heterocycles. The van der Waals surface area contributed by atoms with Crippen molar-refractivity contribution < 1.29 is 4.79 Å². The Morgan fingerprint density at radius 1 is 1.12 bits per heavy atom. The molecule has 0 saturated heterocycles. The molecule has 0 aliphatic heterocycles. The number of amides is 1. The Bertz CT molecular complexity index is 1340. The first-order chi connectivity index (χ1) is 16.4. The van der Waals surface area contributed by atoms with Crippen LogP contribution in [0.2, 0.25) is 0 Å². The van der Waals surface area contributed by atoms with Crippen LogP contribution in [0.5, 0.6) is 0 Å². The maximum atomic E-state index is 12.9. The molecule has 7 nitrogen and oxygen atoms in total. The zero-order valence-electron chi connectivity index (χ0n) is 19.7. The Kier molecular flexibility index (Phi) is 7.47. The highest BCUT2D eigenvalue weighted by molar-refractivity contribution is 7.99. The van der Waals surface area contributed by atoms with Crippen LogP contribution in [0, 0.1) is 6.92 Å². The molecule has 0 atom stereocenters. The van der Waals surface area contributed by atoms with Crippen molar-refractivity contribution in [2.24, 2.45) is 0 Å². The van der Waals surface area contributed by atoms with Gasteiger partial charge in [0.15, 0.2) is 5.65 Å². The molecule has 8 heteroatoms. The third kappa shape index (κ3) is 5.75. The maximum absolute atomic E-state index is 12.9. The van der Waals surface area contributed by atoms with Gasteiger partial charge in [0, 0.05) is 16.7 Å². The Balaban J connectivity index is 1.35. The third-order valence-corrected chi connectivity index (χ3v) is 6.55. The van der Waals surface area contributed by atoms with Crippen molar-refractivity contribution in [3.63, 3.8) is 0 Å². The topological polar surface area (TPSA) is 81.8 Å². The molecular weight excluding hydrogens is 446 g/mol. The van der Waals surface area contributed by atoms with Crippen molar-refractivity contribution in [3.8, 4) is 0 Å². The molecule has 4 aromatic rings. The highest BCUT2D eigenvalue weighted by Crippen LogP contribution is 2.23. The van der Waals surface area contributed by atoms with E-state index in [1.165, 1.54) is 4.90 Å². The molecule has 34 heavy (non-hydrogen) atoms. The third-order valence-electron chi connectivity index (χ3n) is 5.53. The van der Waals surface area contributed by atoms with Gasteiger partial charge in [-0.2, -0.15) is 5.10 Å². The van der Waals surface area contributed by atoms with E-state index in [4.69, 9.17) is 0 Å². The van der Waals surface area contributed by atoms with Gasteiger partial charge in [0.1, 0.15) is 11.7 Å². The van der Waals surface area contributed by atoms with Gasteiger partial charge in [0.2, 0.25) is 5.91 Å². The van der Waals surface area contributed by atoms with Crippen LogP contribution in [0.25, 0.3) is 11.0 Å². The number of aromatic nitrogens is 4. The van der Waals surface area contributed by atoms with Gasteiger partial charge in [0.05, 0.1) is 25.7 Å². The number of carbonyl (C=O) groups excluding carboxylic acids is 1. The Morgan fingerprint density at radius 2 is 1.88 bits per heavy atom. The second kappa shape index (κ2) is 10.7. The summed E-state index contributed by atoms with van der Waals surface area (Å²) in [5, 5.41) is 8.25. The number of hydrogen-bond acceptors (Lipinski definition) is 5. The summed E-state index contributed by atoms with van der Waals surface area (Å²) >= 11 is 1.80. The minimum Gasteiger partial charge on any atom is -0.354 e. The van der Waals surface area contributed by atoms with Gasteiger partial charge >= 0.3 is 0 Å². The van der Waals surface area contributed by atoms with Crippen LogP contribution < -0.4 is 10.9 Å². The van der Waals surface area contributed by atoms with Crippen LogP contribution in [0.1, 0.15) is 30.5 Å². The van der Waals surface area contributed by atoms with E-state index >= 15 is 0 Å². The average Bonchev–Trinajstić information content (AvgIpc) is 3.22. The predicted octanol–water partition coefficient (Wildman–Crippen LogP) is 3.81. The van der Waals surface area contributed by atoms with Crippen LogP contribution in [0.4, 0.5) is 0 Å². The molecule has 2 aromatic carbocycles. The lowest BCUT2D eigenvalue weighted by molar-refractivity contribution is -0.120. The second-order valence-corrected chi connectivity index (χ2v) is 10.2. The lowest BCUT2D eigenvalue weighted by Crippen LogP contribution is -2.29. The molecule has 0 spiro atoms. The van der Waals surface area contributed by atoms with Gasteiger partial charge in [-0.3, -0.25) is 14.2 Å². The monoisotopic (exact) mass is 475 g/mol. The first-order valence-electron chi connectivity index (χ1n) is 11.4. The van der Waals surface area contributed by atoms with Gasteiger partial charge in [-0.15, -0.1) is 11.8 Å². The van der Waals surface area contributed by atoms with Crippen LogP contribution in [-0.2, 0) is 24.3 Å². The highest BCUT2D eigenvalue weighted by Gasteiger charge is 2.11. The standard InChI is InChI=1S/C26H29N5O2S/c1-18(2)34-22-10-8-20(9-11-22)14-24(32)27-12-13-31-25-23(15-29-31)26(33)30(17-28-25)16-21-7-5-4-6-19(21)3/h4-11,15,17-18H,12-14,16H2,1-3H3,(H,27,32). The van der Waals surface area contributed by atoms with Crippen LogP contribution in [0.3, 0.4) is 0 Å². The Labute approximate surface area is 203 Å². The summed E-state index contributed by atoms with van der Waals surface area (Å²) in [6.07, 6.45) is 3.45. The molecular formula is C26H29N5O2S. The van der Waals surface area contributed by atoms with Gasteiger partial charge in [-0.25, -0.2) is 9.67 Å². The fourth-order valence-corrected chi connectivity index (χ4v) is 4.59. The largest absolute Gasteiger partial charge is 0.354 e. The number of aryl methyl sites for hydroxylation is 1. The SMILES string of the molecule is Cc1ccccc1Cn1cnc2c(cnn2CCNC(=O)Cc2ccc(SC(C)C)cc2)c1=O. The number of nitrogens with zero attached hydrogens (tertiary/aromatic N) is 4. The zero-order valence-corrected chi connectivity index (χ0v) is 20.5. The Morgan fingerprint density at radius 3 is 2.62 bits per heavy atom. The lowest BCUT2D eigenvalue weighted by Gasteiger charge is -2.09. The second-order valence-electron chi connectivity index (χ2n) is 8.55. The molecule has 2 heterocycles. The van der Waals surface area contributed by atoms with E-state index in [0.29, 0.717) is 42.3 Å². The van der Waals surface area contributed by atoms with E-state index < -0.39 is 0 Å². The first kappa shape index (κ1) is 23.8. The predicted molar refractivity (Wildman–Crippen MR) is 136 cm³/mol. The molecule has 1 N–H and O–H groups in total. The molecule has 1 amide bonds. The summed E-state index contributed by atoms with van der Waals surface area (Å²) in [6.45, 7) is 7.65. The van der Waals surface area contributed by atoms with Crippen LogP contribution in [0.15, 0.2) is 70.7 Å². The first-order valence-corrected chi connectivity index (χ1v) is 12.3. The van der Waals surface area contributed by atoms with Crippen LogP contribution in [-0.4, -0.2) is 37.0 Å². The number of fused-ring (bicyclic) bond motifs is 1. The van der Waals surface area contributed by atoms with E-state index in [1.807, 2.05) is 43.3 Å². The normalized spacial score (nSPS) is 11.3. The van der Waals surface area contributed by atoms with E-state index in [2.05, 4.69) is 41.4 Å². The van der Waals surface area contributed by atoms with E-state index in [9.17, 15) is 9.59 Å². The summed E-state index contributed by atoms with van der Waals surface area (Å²) in [6, 6.07) is 16.1. The molecule has 0 saturated carbocycles. The van der Waals surface area contributed by atoms with Crippen molar-refractivity contribution in [3.05, 3.63) is 88.1 Å². The number of rotatable bonds is 9. The van der Waals surface area contributed by atoms with Gasteiger partial charge < -0.3 is 5.32 Å². The number of hydrogen-bond donors (Lipinski definition) is 1. The van der Waals surface area contributed by atoms with Crippen LogP contribution >= 0.6 is 11.8 Å². The van der Waals surface area contributed by atoms with Gasteiger partial charge in [-0.1, -0.05) is 50.2 Å². The van der Waals surface area contributed by atoms with Crippen molar-refractivity contribution >= 4 is 28.7 Å². The number of benzene rings is 2. The van der Waals surface area contributed by atoms with E-state index in [0.717, 1.165) is 16.7 Å². The zero-order chi connectivity index (χ0) is 24.1. The fraction of sp³-hybridized carbons (Fsp3) is 0.308. The molecule has 4 rings (SSSR count). The minimum atomic E-state index is -0.123. The van der Waals surface area contributed by atoms with Crippen molar-refractivity contribution in [2.45, 2.75) is 50.4 Å². The molecule has 0 aliphatic carbocycles. The number of carbonyl (C=O) groups is 1. The highest BCUT2D eigenvalue weighted by atomic mass is 32.2. The summed E-state index contributed by atoms with van der Waals surface area (Å²) < 4.78 is 3.26. The molecule has 0 aliphatic rings. The molecule has 0 unspecified atom stereocenters.